The number of likely N-dealkylation sites (tertiary alicyclic amines) is 1. The second-order valence-corrected chi connectivity index (χ2v) is 22.9. The third kappa shape index (κ3) is 19.0. The van der Waals surface area contributed by atoms with Gasteiger partial charge in [-0.1, -0.05) is 104 Å². The molecule has 2 heterocycles. The number of primary amides is 1. The average molecular weight is 1090 g/mol. The first-order valence-electron chi connectivity index (χ1n) is 26.6. The van der Waals surface area contributed by atoms with E-state index in [1.165, 1.54) is 26.5 Å². The van der Waals surface area contributed by atoms with Crippen LogP contribution in [0.3, 0.4) is 0 Å². The first-order valence-corrected chi connectivity index (χ1v) is 28.9. The molecule has 0 radical (unpaired) electrons. The van der Waals surface area contributed by atoms with Crippen molar-refractivity contribution in [3.05, 3.63) is 65.7 Å². The van der Waals surface area contributed by atoms with E-state index in [9.17, 15) is 43.2 Å². The largest absolute Gasteiger partial charge is 0.494 e. The van der Waals surface area contributed by atoms with E-state index in [-0.39, 0.29) is 50.6 Å². The minimum Gasteiger partial charge on any atom is -0.494 e. The van der Waals surface area contributed by atoms with E-state index in [1.807, 2.05) is 25.1 Å². The van der Waals surface area contributed by atoms with Crippen LogP contribution >= 0.6 is 21.6 Å². The second kappa shape index (κ2) is 30.7. The van der Waals surface area contributed by atoms with Crippen LogP contribution in [0.2, 0.25) is 0 Å². The van der Waals surface area contributed by atoms with Gasteiger partial charge in [0.05, 0.1) is 19.1 Å². The molecule has 3 fully saturated rings. The van der Waals surface area contributed by atoms with Crippen LogP contribution in [0.5, 0.6) is 5.75 Å². The zero-order valence-electron chi connectivity index (χ0n) is 44.0. The van der Waals surface area contributed by atoms with Crippen LogP contribution in [0, 0.1) is 5.92 Å². The van der Waals surface area contributed by atoms with Crippen LogP contribution in [0.4, 0.5) is 0 Å². The number of nitrogens with one attached hydrogen (secondary N) is 7. The molecule has 1 aliphatic carbocycles. The van der Waals surface area contributed by atoms with Crippen molar-refractivity contribution in [2.24, 2.45) is 23.1 Å². The number of benzene rings is 2. The maximum Gasteiger partial charge on any atom is 0.246 e. The summed E-state index contributed by atoms with van der Waals surface area (Å²) >= 11 is 0. The number of nitrogens with zero attached hydrogens (tertiary/aromatic N) is 1. The van der Waals surface area contributed by atoms with Crippen molar-refractivity contribution >= 4 is 74.8 Å². The number of unbranched alkanes of at least 4 members (excludes halogenated alkanes) is 1. The van der Waals surface area contributed by atoms with Crippen LogP contribution in [-0.4, -0.2) is 144 Å². The molecule has 418 valence electrons. The van der Waals surface area contributed by atoms with Gasteiger partial charge in [0.2, 0.25) is 53.2 Å². The predicted octanol–water partition coefficient (Wildman–Crippen LogP) is 0.994. The SMILES string of the molecule is CCOc1ccc(C[C@H]2NC(=O)CC3(CCCCC3)SSC[C@H](C(=O)N3CCCC3C(=O)NCCNC(=O)[C@@H](N)CCCCN)NC(=O)[C@@H](CC(N)=O)NC(=O)[C@H](C(C)C)NC(=O)[C@@H](Cc3ccccc3)NC2=O)cc1. The highest BCUT2D eigenvalue weighted by Gasteiger charge is 2.42. The van der Waals surface area contributed by atoms with Crippen molar-refractivity contribution in [3.63, 3.8) is 0 Å². The maximum atomic E-state index is 14.8. The molecule has 3 aliphatic rings. The zero-order valence-corrected chi connectivity index (χ0v) is 45.7. The first kappa shape index (κ1) is 60.9. The number of ether oxygens (including phenoxy) is 1. The summed E-state index contributed by atoms with van der Waals surface area (Å²) in [7, 11) is 2.69. The van der Waals surface area contributed by atoms with E-state index >= 15 is 0 Å². The lowest BCUT2D eigenvalue weighted by Crippen LogP contribution is -2.61. The summed E-state index contributed by atoms with van der Waals surface area (Å²) in [6.07, 6.45) is 5.97. The Morgan fingerprint density at radius 2 is 1.41 bits per heavy atom. The van der Waals surface area contributed by atoms with E-state index < -0.39 is 107 Å². The highest BCUT2D eigenvalue weighted by molar-refractivity contribution is 8.77. The standard InChI is InChI=1S/C53H79N11O10S2/c1-4-74-36-20-18-35(19-21-36)29-38-47(68)60-39(28-34-14-7-5-8-15-34)49(70)63-45(33(2)3)51(72)61-40(30-43(56)65)48(69)62-41(32-75-76-53(31-44(66)59-38)22-10-6-11-23-53)52(73)64-27-13-17-42(64)50(71)58-26-25-57-46(67)37(55)16-9-12-24-54/h5,7-8,14-15,18-21,33,37-42,45H,4,6,9-13,16-17,22-32,54-55H2,1-3H3,(H2,56,65)(H,57,67)(H,58,71)(H,59,66)(H,60,68)(H,61,72)(H,62,69)(H,63,70)/t37-,38+,39+,40+,41+,42?,45-/m0/s1. The number of carbonyl (C=O) groups is 9. The Balaban J connectivity index is 1.46. The Kier molecular flexibility index (Phi) is 24.6. The van der Waals surface area contributed by atoms with Crippen molar-refractivity contribution in [1.82, 2.24) is 42.1 Å². The minimum absolute atomic E-state index is 0.00839. The monoisotopic (exact) mass is 1090 g/mol. The normalized spacial score (nSPS) is 23.5. The van der Waals surface area contributed by atoms with Gasteiger partial charge in [0.25, 0.3) is 0 Å². The summed E-state index contributed by atoms with van der Waals surface area (Å²) in [6.45, 7) is 6.51. The van der Waals surface area contributed by atoms with Gasteiger partial charge in [-0.3, -0.25) is 43.2 Å². The summed E-state index contributed by atoms with van der Waals surface area (Å²) in [6, 6.07) is 7.91. The van der Waals surface area contributed by atoms with Crippen molar-refractivity contribution in [1.29, 1.82) is 0 Å². The minimum atomic E-state index is -1.60. The molecule has 9 amide bonds. The Morgan fingerprint density at radius 1 is 0.776 bits per heavy atom. The van der Waals surface area contributed by atoms with Crippen molar-refractivity contribution in [2.75, 3.05) is 38.5 Å². The lowest BCUT2D eigenvalue weighted by molar-refractivity contribution is -0.141. The maximum absolute atomic E-state index is 14.8. The van der Waals surface area contributed by atoms with Crippen LogP contribution in [-0.2, 0) is 56.0 Å². The molecule has 7 atom stereocenters. The van der Waals surface area contributed by atoms with Gasteiger partial charge in [-0.2, -0.15) is 0 Å². The molecular formula is C53H79N11O10S2. The Hall–Kier alpha value is -5.91. The topological polar surface area (TPSA) is 328 Å². The smallest absolute Gasteiger partial charge is 0.246 e. The molecule has 0 bridgehead atoms. The van der Waals surface area contributed by atoms with Gasteiger partial charge in [-0.25, -0.2) is 0 Å². The molecule has 2 aliphatic heterocycles. The van der Waals surface area contributed by atoms with E-state index in [0.29, 0.717) is 63.0 Å². The highest BCUT2D eigenvalue weighted by Crippen LogP contribution is 2.48. The summed E-state index contributed by atoms with van der Waals surface area (Å²) in [5.74, 6) is -5.84. The van der Waals surface area contributed by atoms with Crippen LogP contribution in [0.1, 0.15) is 109 Å². The van der Waals surface area contributed by atoms with E-state index in [0.717, 1.165) is 31.2 Å². The predicted molar refractivity (Wildman–Crippen MR) is 292 cm³/mol. The molecular weight excluding hydrogens is 1010 g/mol. The average Bonchev–Trinajstić information content (AvgIpc) is 3.89. The number of amides is 9. The second-order valence-electron chi connectivity index (χ2n) is 20.1. The summed E-state index contributed by atoms with van der Waals surface area (Å²) in [5, 5.41) is 19.5. The quantitative estimate of drug-likeness (QED) is 0.0694. The summed E-state index contributed by atoms with van der Waals surface area (Å²) < 4.78 is 4.98. The molecule has 1 saturated carbocycles. The number of nitrogens with two attached hydrogens (primary N) is 3. The zero-order chi connectivity index (χ0) is 55.2. The molecule has 1 unspecified atom stereocenters. The van der Waals surface area contributed by atoms with Gasteiger partial charge in [0.1, 0.15) is 42.0 Å². The molecule has 13 N–H and O–H groups in total. The molecule has 76 heavy (non-hydrogen) atoms. The Bertz CT molecular complexity index is 2290. The fourth-order valence-electron chi connectivity index (χ4n) is 9.59. The van der Waals surface area contributed by atoms with Gasteiger partial charge in [0, 0.05) is 49.4 Å². The molecule has 23 heteroatoms. The Labute approximate surface area is 453 Å². The first-order chi connectivity index (χ1) is 36.4. The highest BCUT2D eigenvalue weighted by atomic mass is 33.1. The van der Waals surface area contributed by atoms with Crippen molar-refractivity contribution < 1.29 is 47.9 Å². The molecule has 2 aromatic carbocycles. The molecule has 0 aromatic heterocycles. The van der Waals surface area contributed by atoms with Crippen LogP contribution in [0.15, 0.2) is 54.6 Å². The third-order valence-corrected chi connectivity index (χ3v) is 17.0. The van der Waals surface area contributed by atoms with Gasteiger partial charge in [-0.15, -0.1) is 0 Å². The summed E-state index contributed by atoms with van der Waals surface area (Å²) in [5.41, 5.74) is 18.6. The molecule has 5 rings (SSSR count). The molecule has 2 aromatic rings. The molecule has 2 saturated heterocycles. The molecule has 21 nitrogen and oxygen atoms in total. The molecule has 1 spiro atoms. The van der Waals surface area contributed by atoms with E-state index in [1.54, 1.807) is 50.2 Å². The Morgan fingerprint density at radius 3 is 2.07 bits per heavy atom. The fraction of sp³-hybridized carbons (Fsp3) is 0.604. The van der Waals surface area contributed by atoms with Crippen LogP contribution in [0.25, 0.3) is 0 Å². The fourth-order valence-corrected chi connectivity index (χ4v) is 13.0. The van der Waals surface area contributed by atoms with E-state index in [2.05, 4.69) is 37.2 Å². The lowest BCUT2D eigenvalue weighted by atomic mass is 9.85. The number of hydrogen-bond acceptors (Lipinski definition) is 14. The van der Waals surface area contributed by atoms with Gasteiger partial charge >= 0.3 is 0 Å². The van der Waals surface area contributed by atoms with Gasteiger partial charge in [-0.05, 0) is 81.2 Å². The number of hydrogen-bond donors (Lipinski definition) is 10. The number of carbonyl (C=O) groups excluding carboxylic acids is 9. The van der Waals surface area contributed by atoms with Crippen LogP contribution < -0.4 is 59.2 Å². The summed E-state index contributed by atoms with van der Waals surface area (Å²) in [4.78, 5) is 127. The van der Waals surface area contributed by atoms with Gasteiger partial charge < -0.3 is 64.1 Å². The van der Waals surface area contributed by atoms with Crippen molar-refractivity contribution in [2.45, 2.75) is 158 Å². The van der Waals surface area contributed by atoms with E-state index in [4.69, 9.17) is 21.9 Å². The number of rotatable bonds is 19. The third-order valence-electron chi connectivity index (χ3n) is 13.7. The van der Waals surface area contributed by atoms with Crippen molar-refractivity contribution in [3.8, 4) is 5.75 Å². The van der Waals surface area contributed by atoms with Gasteiger partial charge in [0.15, 0.2) is 0 Å². The lowest BCUT2D eigenvalue weighted by Gasteiger charge is -2.37.